The highest BCUT2D eigenvalue weighted by atomic mass is 79.9. The molecule has 0 spiro atoms. The second kappa shape index (κ2) is 20.2. The highest BCUT2D eigenvalue weighted by Gasteiger charge is 2.55. The monoisotopic (exact) mass is 967 g/mol. The van der Waals surface area contributed by atoms with Crippen molar-refractivity contribution in [1.29, 1.82) is 0 Å². The van der Waals surface area contributed by atoms with Crippen molar-refractivity contribution in [1.82, 2.24) is 10.2 Å². The smallest absolute Gasteiger partial charge is 0.514 e. The Morgan fingerprint density at radius 1 is 0.846 bits per heavy atom. The molecule has 340 valence electrons. The number of pyridine rings is 1. The average molecular weight is 969 g/mol. The Hall–Kier alpha value is -6.46. The van der Waals surface area contributed by atoms with Crippen LogP contribution in [0.1, 0.15) is 65.2 Å². The van der Waals surface area contributed by atoms with Gasteiger partial charge >= 0.3 is 18.2 Å². The summed E-state index contributed by atoms with van der Waals surface area (Å²) in [6, 6.07) is 27.4. The molecule has 4 aromatic rings. The number of amides is 4. The molecule has 2 atom stereocenters. The lowest BCUT2D eigenvalue weighted by Crippen LogP contribution is -3.00. The Bertz CT molecular complexity index is 2470. The zero-order valence-corrected chi connectivity index (χ0v) is 39.1. The maximum atomic E-state index is 14.5. The fourth-order valence-corrected chi connectivity index (χ4v) is 8.54. The number of thioether (sulfide) groups is 1. The zero-order chi connectivity index (χ0) is 45.8. The molecule has 2 N–H and O–H groups in total. The van der Waals surface area contributed by atoms with Crippen LogP contribution in [0.25, 0.3) is 0 Å². The van der Waals surface area contributed by atoms with Crippen LogP contribution >= 0.6 is 11.8 Å². The molecule has 1 aromatic heterocycles. The summed E-state index contributed by atoms with van der Waals surface area (Å²) in [7, 11) is 0. The number of ether oxygens (including phenoxy) is 4. The number of rotatable bonds is 11. The van der Waals surface area contributed by atoms with Gasteiger partial charge in [0, 0.05) is 29.6 Å². The van der Waals surface area contributed by atoms with Gasteiger partial charge in [-0.15, -0.1) is 11.8 Å². The Morgan fingerprint density at radius 3 is 2.09 bits per heavy atom. The van der Waals surface area contributed by atoms with Gasteiger partial charge in [0.05, 0.1) is 0 Å². The summed E-state index contributed by atoms with van der Waals surface area (Å²) in [5.74, 6) is -1.40. The number of β-lactam (4-membered cyclic amide) rings is 1. The summed E-state index contributed by atoms with van der Waals surface area (Å²) in [4.78, 5) is 83.2. The number of anilines is 2. The first-order chi connectivity index (χ1) is 30.4. The minimum Gasteiger partial charge on any atom is -1.00 e. The molecule has 4 amide bonds. The van der Waals surface area contributed by atoms with Crippen molar-refractivity contribution < 1.29 is 69.3 Å². The summed E-state index contributed by atoms with van der Waals surface area (Å²) >= 11 is 1.35. The average Bonchev–Trinajstić information content (AvgIpc) is 3.60. The maximum absolute atomic E-state index is 14.5. The number of esters is 1. The number of halogens is 1. The predicted octanol–water partition coefficient (Wildman–Crippen LogP) is 3.99. The van der Waals surface area contributed by atoms with Crippen LogP contribution in [0.4, 0.5) is 21.0 Å². The molecule has 17 heteroatoms. The third-order valence-electron chi connectivity index (χ3n) is 9.98. The van der Waals surface area contributed by atoms with Crippen molar-refractivity contribution in [2.45, 2.75) is 83.2 Å². The van der Waals surface area contributed by atoms with E-state index in [9.17, 15) is 28.8 Å². The molecule has 15 nitrogen and oxygen atoms in total. The number of carbonyl (C=O) groups excluding carboxylic acids is 6. The lowest BCUT2D eigenvalue weighted by molar-refractivity contribution is -0.683. The molecule has 65 heavy (non-hydrogen) atoms. The van der Waals surface area contributed by atoms with Crippen molar-refractivity contribution >= 4 is 59.1 Å². The molecule has 2 saturated heterocycles. The third kappa shape index (κ3) is 12.0. The van der Waals surface area contributed by atoms with Gasteiger partial charge in [-0.05, 0) is 101 Å². The van der Waals surface area contributed by atoms with E-state index >= 15 is 0 Å². The van der Waals surface area contributed by atoms with E-state index in [0.29, 0.717) is 35.5 Å². The number of benzene rings is 3. The van der Waals surface area contributed by atoms with E-state index in [-0.39, 0.29) is 52.5 Å². The van der Waals surface area contributed by atoms with Crippen LogP contribution in [0, 0.1) is 0 Å². The van der Waals surface area contributed by atoms with Gasteiger partial charge in [0.15, 0.2) is 18.5 Å². The van der Waals surface area contributed by atoms with Gasteiger partial charge in [-0.1, -0.05) is 60.7 Å². The van der Waals surface area contributed by atoms with Crippen LogP contribution in [0.15, 0.2) is 132 Å². The highest BCUT2D eigenvalue weighted by molar-refractivity contribution is 8.00. The number of nitrogens with zero attached hydrogens (tertiary/aromatic N) is 3. The van der Waals surface area contributed by atoms with E-state index in [1.54, 1.807) is 93.7 Å². The highest BCUT2D eigenvalue weighted by Crippen LogP contribution is 2.43. The molecule has 7 rings (SSSR count). The molecule has 2 fully saturated rings. The van der Waals surface area contributed by atoms with E-state index in [1.807, 2.05) is 60.7 Å². The summed E-state index contributed by atoms with van der Waals surface area (Å²) in [6.07, 6.45) is 3.02. The molecule has 0 bridgehead atoms. The normalized spacial score (nSPS) is 17.7. The summed E-state index contributed by atoms with van der Waals surface area (Å²) in [5, 5.41) is 4.86. The van der Waals surface area contributed by atoms with E-state index in [2.05, 4.69) is 10.6 Å². The number of alkyl carbamates (subject to hydrolysis) is 1. The number of hydrogen-bond donors (Lipinski definition) is 2. The molecule has 0 radical (unpaired) electrons. The number of allylic oxidation sites excluding steroid dienone is 1. The molecule has 3 aliphatic heterocycles. The van der Waals surface area contributed by atoms with Crippen molar-refractivity contribution in [3.8, 4) is 5.75 Å². The minimum absolute atomic E-state index is 0. The summed E-state index contributed by atoms with van der Waals surface area (Å²) in [6.45, 7) is 10.6. The number of nitrogens with one attached hydrogen (secondary N) is 2. The Morgan fingerprint density at radius 2 is 1.48 bits per heavy atom. The standard InChI is InChI=1S/C48H49N5O10S.BrH/c1-47(2,3)62-45(58)50-38-42(56)53-39(44(57)61-40(30-14-9-7-10-15-30)31-16-11-8-12-17-31)33(29-64-43(38)53)26-32-23-25-52(41(32)55)35-18-13-24-51(27-35)28-37(54)49-34-19-21-36(22-20-34)60-46(59)63-48(4,5)6;/h7-22,24,26-27,38,40,43H,23,25,28-29H2,1-6H3,(H-,49,50,54,58);1H/b32-26+;/t38-,43-;/m1./s1. The van der Waals surface area contributed by atoms with E-state index < -0.39 is 52.8 Å². The Balaban J connectivity index is 0.00000700. The summed E-state index contributed by atoms with van der Waals surface area (Å²) < 4.78 is 23.7. The summed E-state index contributed by atoms with van der Waals surface area (Å²) in [5.41, 5.74) is 1.85. The van der Waals surface area contributed by atoms with Crippen molar-refractivity contribution in [2.75, 3.05) is 22.5 Å². The van der Waals surface area contributed by atoms with Crippen LogP contribution in [0.2, 0.25) is 0 Å². The van der Waals surface area contributed by atoms with Crippen LogP contribution in [0.3, 0.4) is 0 Å². The van der Waals surface area contributed by atoms with E-state index in [1.165, 1.54) is 28.8 Å². The van der Waals surface area contributed by atoms with Crippen LogP contribution in [-0.2, 0) is 39.9 Å². The van der Waals surface area contributed by atoms with Gasteiger partial charge in [-0.3, -0.25) is 19.3 Å². The van der Waals surface area contributed by atoms with Crippen LogP contribution in [0.5, 0.6) is 5.75 Å². The molecule has 0 unspecified atom stereocenters. The molecular formula is C48H50BrN5O10S. The first-order valence-electron chi connectivity index (χ1n) is 20.7. The van der Waals surface area contributed by atoms with Crippen molar-refractivity contribution in [3.63, 3.8) is 0 Å². The number of carbonyl (C=O) groups is 6. The maximum Gasteiger partial charge on any atom is 0.514 e. The number of fused-ring (bicyclic) bond motifs is 1. The zero-order valence-electron chi connectivity index (χ0n) is 36.7. The van der Waals surface area contributed by atoms with Gasteiger partial charge in [-0.25, -0.2) is 14.4 Å². The van der Waals surface area contributed by atoms with Gasteiger partial charge < -0.3 is 51.5 Å². The van der Waals surface area contributed by atoms with Crippen molar-refractivity contribution in [3.05, 3.63) is 144 Å². The lowest BCUT2D eigenvalue weighted by Gasteiger charge is -2.49. The number of hydrogen-bond acceptors (Lipinski definition) is 11. The molecule has 0 aliphatic carbocycles. The quantitative estimate of drug-likeness (QED) is 0.0556. The molecular weight excluding hydrogens is 919 g/mol. The Labute approximate surface area is 391 Å². The lowest BCUT2D eigenvalue weighted by atomic mass is 10.00. The van der Waals surface area contributed by atoms with Crippen LogP contribution in [-0.4, -0.2) is 75.8 Å². The first kappa shape index (κ1) is 48.0. The van der Waals surface area contributed by atoms with E-state index in [0.717, 1.165) is 11.1 Å². The SMILES string of the molecule is CC(C)(C)OC(=O)N[C@@H]1C(=O)N2C(C(=O)OC(c3ccccc3)c3ccccc3)=C(/C=C3\CCN(c4ccc[n+](CC(=O)Nc5ccc(OC(=O)OC(C)(C)C)cc5)c4)C3=O)CS[C@H]12.[Br-]. The Kier molecular flexibility index (Phi) is 14.9. The topological polar surface area (TPSA) is 174 Å². The second-order valence-corrected chi connectivity index (χ2v) is 18.4. The van der Waals surface area contributed by atoms with Crippen LogP contribution < -0.4 is 41.8 Å². The fourth-order valence-electron chi connectivity index (χ4n) is 7.24. The molecule has 3 aromatic carbocycles. The second-order valence-electron chi connectivity index (χ2n) is 17.3. The van der Waals surface area contributed by atoms with Crippen molar-refractivity contribution in [2.24, 2.45) is 0 Å². The molecule has 0 saturated carbocycles. The number of aromatic nitrogens is 1. The molecule has 4 heterocycles. The van der Waals surface area contributed by atoms with Gasteiger partial charge in [0.25, 0.3) is 17.7 Å². The third-order valence-corrected chi connectivity index (χ3v) is 11.3. The first-order valence-corrected chi connectivity index (χ1v) is 21.8. The van der Waals surface area contributed by atoms with Gasteiger partial charge in [0.1, 0.15) is 39.8 Å². The molecule has 3 aliphatic rings. The fraction of sp³-hybridized carbons (Fsp3) is 0.312. The van der Waals surface area contributed by atoms with Gasteiger partial charge in [0.2, 0.25) is 6.54 Å². The predicted molar refractivity (Wildman–Crippen MR) is 238 cm³/mol. The largest absolute Gasteiger partial charge is 1.00 e. The minimum atomic E-state index is -0.947. The van der Waals surface area contributed by atoms with E-state index in [4.69, 9.17) is 18.9 Å². The van der Waals surface area contributed by atoms with Gasteiger partial charge in [-0.2, -0.15) is 4.57 Å².